The van der Waals surface area contributed by atoms with Crippen LogP contribution in [0.2, 0.25) is 10.0 Å². The third-order valence-electron chi connectivity index (χ3n) is 4.13. The van der Waals surface area contributed by atoms with Crippen molar-refractivity contribution < 1.29 is 19.4 Å². The van der Waals surface area contributed by atoms with Gasteiger partial charge in [-0.25, -0.2) is 10.2 Å². The van der Waals surface area contributed by atoms with Crippen LogP contribution >= 0.6 is 23.2 Å². The minimum absolute atomic E-state index is 0.177. The zero-order valence-electron chi connectivity index (χ0n) is 14.1. The zero-order chi connectivity index (χ0) is 19.6. The highest BCUT2D eigenvalue weighted by Gasteiger charge is 2.46. The molecular weight excluding hydrogens is 393 g/mol. The van der Waals surface area contributed by atoms with E-state index in [4.69, 9.17) is 23.2 Å². The first-order chi connectivity index (χ1) is 12.8. The Morgan fingerprint density at radius 1 is 1.30 bits per heavy atom. The van der Waals surface area contributed by atoms with E-state index in [1.54, 1.807) is 36.4 Å². The number of halogens is 2. The number of hydrazone groups is 1. The fraction of sp³-hybridized carbons (Fsp3) is 0.167. The van der Waals surface area contributed by atoms with Crippen molar-refractivity contribution in [2.45, 2.75) is 12.0 Å². The summed E-state index contributed by atoms with van der Waals surface area (Å²) in [6.45, 7) is 0. The number of carbonyl (C=O) groups excluding carboxylic acids is 2. The number of methoxy groups -OCH3 is 1. The Morgan fingerprint density at radius 2 is 2.04 bits per heavy atom. The van der Waals surface area contributed by atoms with Crippen LogP contribution in [-0.4, -0.2) is 29.9 Å². The SMILES string of the molecule is COC(=O)N/N=C(\C[C@@]1(O)C(=O)Nc2ccccc21)c1ccc(Cl)cc1Cl. The van der Waals surface area contributed by atoms with Gasteiger partial charge in [0.25, 0.3) is 5.91 Å². The second-order valence-corrected chi connectivity index (χ2v) is 6.67. The number of ether oxygens (including phenoxy) is 1. The van der Waals surface area contributed by atoms with E-state index in [-0.39, 0.29) is 17.2 Å². The number of hydrogen-bond acceptors (Lipinski definition) is 5. The van der Waals surface area contributed by atoms with Crippen molar-refractivity contribution in [3.63, 3.8) is 0 Å². The molecular formula is C18H15Cl2N3O4. The number of aliphatic hydroxyl groups is 1. The van der Waals surface area contributed by atoms with Gasteiger partial charge in [0.1, 0.15) is 0 Å². The summed E-state index contributed by atoms with van der Waals surface area (Å²) in [4.78, 5) is 23.9. The largest absolute Gasteiger partial charge is 0.452 e. The lowest BCUT2D eigenvalue weighted by atomic mass is 9.87. The Morgan fingerprint density at radius 3 is 2.74 bits per heavy atom. The second kappa shape index (κ2) is 7.56. The number of nitrogens with one attached hydrogen (secondary N) is 2. The number of amides is 2. The van der Waals surface area contributed by atoms with Gasteiger partial charge in [0.2, 0.25) is 0 Å². The molecule has 1 heterocycles. The van der Waals surface area contributed by atoms with Crippen LogP contribution in [0.5, 0.6) is 0 Å². The molecule has 140 valence electrons. The average molecular weight is 408 g/mol. The Hall–Kier alpha value is -2.61. The molecule has 0 saturated carbocycles. The minimum atomic E-state index is -1.88. The second-order valence-electron chi connectivity index (χ2n) is 5.82. The standard InChI is InChI=1S/C18H15Cl2N3O4/c1-27-17(25)23-22-15(11-7-6-10(19)8-13(11)20)9-18(26)12-4-2-3-5-14(12)21-16(18)24/h2-8,26H,9H2,1H3,(H,21,24)(H,23,25)/b22-15+/t18-/m0/s1. The smallest absolute Gasteiger partial charge is 0.427 e. The lowest BCUT2D eigenvalue weighted by Crippen LogP contribution is -2.37. The van der Waals surface area contributed by atoms with Crippen LogP contribution in [0.15, 0.2) is 47.6 Å². The van der Waals surface area contributed by atoms with E-state index in [2.05, 4.69) is 20.6 Å². The molecule has 7 nitrogen and oxygen atoms in total. The lowest BCUT2D eigenvalue weighted by Gasteiger charge is -2.22. The number of fused-ring (bicyclic) bond motifs is 1. The summed E-state index contributed by atoms with van der Waals surface area (Å²) in [5.74, 6) is -0.598. The number of anilines is 1. The number of nitrogens with zero attached hydrogens (tertiary/aromatic N) is 1. The van der Waals surface area contributed by atoms with Crippen molar-refractivity contribution in [1.29, 1.82) is 0 Å². The van der Waals surface area contributed by atoms with Crippen molar-refractivity contribution in [3.05, 3.63) is 63.6 Å². The Bertz CT molecular complexity index is 948. The van der Waals surface area contributed by atoms with Crippen molar-refractivity contribution in [3.8, 4) is 0 Å². The molecule has 1 aliphatic heterocycles. The first-order valence-corrected chi connectivity index (χ1v) is 8.60. The zero-order valence-corrected chi connectivity index (χ0v) is 15.6. The summed E-state index contributed by atoms with van der Waals surface area (Å²) in [5.41, 5.74) is 1.81. The first-order valence-electron chi connectivity index (χ1n) is 7.84. The van der Waals surface area contributed by atoms with Gasteiger partial charge < -0.3 is 15.2 Å². The van der Waals surface area contributed by atoms with Crippen molar-refractivity contribution >= 4 is 46.6 Å². The highest BCUT2D eigenvalue weighted by Crippen LogP contribution is 2.39. The van der Waals surface area contributed by atoms with E-state index in [9.17, 15) is 14.7 Å². The molecule has 0 bridgehead atoms. The molecule has 0 aromatic heterocycles. The molecule has 0 unspecified atom stereocenters. The van der Waals surface area contributed by atoms with Gasteiger partial charge in [0, 0.05) is 28.3 Å². The number of carbonyl (C=O) groups is 2. The third kappa shape index (κ3) is 3.75. The van der Waals surface area contributed by atoms with E-state index in [0.717, 1.165) is 0 Å². The highest BCUT2D eigenvalue weighted by atomic mass is 35.5. The minimum Gasteiger partial charge on any atom is -0.452 e. The van der Waals surface area contributed by atoms with Gasteiger partial charge in [-0.3, -0.25) is 4.79 Å². The fourth-order valence-electron chi connectivity index (χ4n) is 2.80. The molecule has 0 aliphatic carbocycles. The summed E-state index contributed by atoms with van der Waals surface area (Å²) in [7, 11) is 1.19. The van der Waals surface area contributed by atoms with Crippen molar-refractivity contribution in [2.75, 3.05) is 12.4 Å². The van der Waals surface area contributed by atoms with Crippen LogP contribution in [0, 0.1) is 0 Å². The van der Waals surface area contributed by atoms with Crippen LogP contribution in [0.25, 0.3) is 0 Å². The molecule has 2 amide bonds. The fourth-order valence-corrected chi connectivity index (χ4v) is 3.31. The predicted molar refractivity (Wildman–Crippen MR) is 102 cm³/mol. The molecule has 0 fully saturated rings. The van der Waals surface area contributed by atoms with Crippen LogP contribution in [0.1, 0.15) is 17.5 Å². The Labute approximate surface area is 164 Å². The molecule has 2 aromatic carbocycles. The molecule has 3 N–H and O–H groups in total. The summed E-state index contributed by atoms with van der Waals surface area (Å²) in [6, 6.07) is 11.5. The number of rotatable bonds is 4. The van der Waals surface area contributed by atoms with Gasteiger partial charge in [-0.1, -0.05) is 47.5 Å². The molecule has 9 heteroatoms. The monoisotopic (exact) mass is 407 g/mol. The van der Waals surface area contributed by atoms with Crippen LogP contribution in [-0.2, 0) is 15.1 Å². The maximum atomic E-state index is 12.5. The van der Waals surface area contributed by atoms with Gasteiger partial charge in [-0.15, -0.1) is 0 Å². The van der Waals surface area contributed by atoms with E-state index in [1.165, 1.54) is 13.2 Å². The summed E-state index contributed by atoms with van der Waals surface area (Å²) < 4.78 is 4.51. The molecule has 1 atom stereocenters. The van der Waals surface area contributed by atoms with Gasteiger partial charge in [0.05, 0.1) is 17.8 Å². The highest BCUT2D eigenvalue weighted by molar-refractivity contribution is 6.37. The van der Waals surface area contributed by atoms with Gasteiger partial charge in [-0.2, -0.15) is 5.10 Å². The summed E-state index contributed by atoms with van der Waals surface area (Å²) >= 11 is 12.2. The quantitative estimate of drug-likeness (QED) is 0.534. The topological polar surface area (TPSA) is 100 Å². The van der Waals surface area contributed by atoms with Crippen molar-refractivity contribution in [2.24, 2.45) is 5.10 Å². The molecule has 3 rings (SSSR count). The molecule has 0 saturated heterocycles. The maximum Gasteiger partial charge on any atom is 0.427 e. The molecule has 0 spiro atoms. The average Bonchev–Trinajstić information content (AvgIpc) is 2.89. The van der Waals surface area contributed by atoms with Crippen LogP contribution in [0.3, 0.4) is 0 Å². The lowest BCUT2D eigenvalue weighted by molar-refractivity contribution is -0.132. The molecule has 1 aliphatic rings. The normalized spacial score (nSPS) is 18.7. The summed E-state index contributed by atoms with van der Waals surface area (Å²) in [6.07, 6.45) is -1.04. The van der Waals surface area contributed by atoms with Gasteiger partial charge in [0.15, 0.2) is 5.60 Å². The summed E-state index contributed by atoms with van der Waals surface area (Å²) in [5, 5.41) is 18.4. The van der Waals surface area contributed by atoms with E-state index >= 15 is 0 Å². The number of hydrogen-bond donors (Lipinski definition) is 3. The maximum absolute atomic E-state index is 12.5. The molecule has 0 radical (unpaired) electrons. The predicted octanol–water partition coefficient (Wildman–Crippen LogP) is 3.28. The van der Waals surface area contributed by atoms with Crippen LogP contribution in [0.4, 0.5) is 10.5 Å². The Kier molecular flexibility index (Phi) is 5.36. The van der Waals surface area contributed by atoms with Gasteiger partial charge in [-0.05, 0) is 18.2 Å². The third-order valence-corrected chi connectivity index (χ3v) is 4.68. The number of para-hydroxylation sites is 1. The van der Waals surface area contributed by atoms with E-state index in [0.29, 0.717) is 21.8 Å². The number of benzene rings is 2. The van der Waals surface area contributed by atoms with Crippen LogP contribution < -0.4 is 10.7 Å². The van der Waals surface area contributed by atoms with Gasteiger partial charge >= 0.3 is 6.09 Å². The van der Waals surface area contributed by atoms with Crippen molar-refractivity contribution in [1.82, 2.24) is 5.43 Å². The van der Waals surface area contributed by atoms with E-state index in [1.807, 2.05) is 0 Å². The van der Waals surface area contributed by atoms with E-state index < -0.39 is 17.6 Å². The Balaban J connectivity index is 2.04. The molecule has 27 heavy (non-hydrogen) atoms. The molecule has 2 aromatic rings. The first kappa shape index (κ1) is 19.2.